The van der Waals surface area contributed by atoms with E-state index in [1.165, 1.54) is 0 Å². The fourth-order valence-electron chi connectivity index (χ4n) is 1.26. The third-order valence-electron chi connectivity index (χ3n) is 1.90. The molecule has 0 aromatic rings. The molecule has 0 heterocycles. The molecule has 0 saturated heterocycles. The summed E-state index contributed by atoms with van der Waals surface area (Å²) in [6.45, 7) is 3.60. The summed E-state index contributed by atoms with van der Waals surface area (Å²) in [6, 6.07) is 0. The lowest BCUT2D eigenvalue weighted by Gasteiger charge is -2.15. The van der Waals surface area contributed by atoms with Gasteiger partial charge >= 0.3 is 0 Å². The predicted octanol–water partition coefficient (Wildman–Crippen LogP) is 1.98. The van der Waals surface area contributed by atoms with Crippen LogP contribution in [0, 0.1) is 5.92 Å². The first-order chi connectivity index (χ1) is 5.24. The number of aliphatic hydroxyl groups excluding tert-OH is 1. The molecule has 0 saturated carbocycles. The largest absolute Gasteiger partial charge is 0.505 e. The van der Waals surface area contributed by atoms with E-state index in [1.54, 1.807) is 6.08 Å². The van der Waals surface area contributed by atoms with Crippen LogP contribution in [0.5, 0.6) is 0 Å². The highest BCUT2D eigenvalue weighted by Crippen LogP contribution is 2.22. The van der Waals surface area contributed by atoms with Gasteiger partial charge in [0.25, 0.3) is 0 Å². The van der Waals surface area contributed by atoms with Crippen molar-refractivity contribution in [2.24, 2.45) is 5.92 Å². The number of aliphatic hydroxyl groups is 1. The first kappa shape index (κ1) is 8.05. The van der Waals surface area contributed by atoms with Crippen molar-refractivity contribution in [2.45, 2.75) is 19.3 Å². The summed E-state index contributed by atoms with van der Waals surface area (Å²) in [5, 5.41) is 8.95. The van der Waals surface area contributed by atoms with Gasteiger partial charge in [-0.2, -0.15) is 0 Å². The van der Waals surface area contributed by atoms with Crippen molar-refractivity contribution < 1.29 is 9.90 Å². The van der Waals surface area contributed by atoms with Gasteiger partial charge in [-0.3, -0.25) is 4.79 Å². The quantitative estimate of drug-likeness (QED) is 0.614. The lowest BCUT2D eigenvalue weighted by atomic mass is 9.90. The van der Waals surface area contributed by atoms with E-state index in [2.05, 4.69) is 6.58 Å². The number of allylic oxidation sites excluding steroid dienone is 3. The monoisotopic (exact) mass is 152 g/mol. The van der Waals surface area contributed by atoms with Crippen LogP contribution < -0.4 is 0 Å². The summed E-state index contributed by atoms with van der Waals surface area (Å²) in [5.74, 6) is 0.157. The van der Waals surface area contributed by atoms with E-state index in [4.69, 9.17) is 5.11 Å². The molecule has 1 rings (SSSR count). The van der Waals surface area contributed by atoms with Gasteiger partial charge in [0.2, 0.25) is 0 Å². The van der Waals surface area contributed by atoms with Crippen molar-refractivity contribution in [2.75, 3.05) is 0 Å². The topological polar surface area (TPSA) is 37.3 Å². The van der Waals surface area contributed by atoms with Crippen LogP contribution in [0.3, 0.4) is 0 Å². The minimum absolute atomic E-state index is 0.0645. The first-order valence-electron chi connectivity index (χ1n) is 3.77. The summed E-state index contributed by atoms with van der Waals surface area (Å²) >= 11 is 0. The van der Waals surface area contributed by atoms with Crippen molar-refractivity contribution in [3.8, 4) is 0 Å². The molecule has 1 aliphatic carbocycles. The Morgan fingerprint density at radius 3 is 3.09 bits per heavy atom. The number of rotatable bonds is 2. The summed E-state index contributed by atoms with van der Waals surface area (Å²) in [5.41, 5.74) is 0. The molecule has 0 radical (unpaired) electrons. The van der Waals surface area contributed by atoms with E-state index in [0.717, 1.165) is 12.8 Å². The Kier molecular flexibility index (Phi) is 2.47. The Morgan fingerprint density at radius 2 is 2.55 bits per heavy atom. The van der Waals surface area contributed by atoms with Crippen molar-refractivity contribution >= 4 is 5.78 Å². The smallest absolute Gasteiger partial charge is 0.197 e. The van der Waals surface area contributed by atoms with Gasteiger partial charge in [0.1, 0.15) is 0 Å². The van der Waals surface area contributed by atoms with Crippen LogP contribution in [0.2, 0.25) is 0 Å². The summed E-state index contributed by atoms with van der Waals surface area (Å²) < 4.78 is 0. The molecule has 1 atom stereocenters. The molecule has 0 aromatic heterocycles. The standard InChI is InChI=1S/C9H12O2/c1-2-3-7-4-5-8(10)9(11)6-7/h2,5,7,10H,1,3-4,6H2. The molecule has 60 valence electrons. The summed E-state index contributed by atoms with van der Waals surface area (Å²) in [7, 11) is 0. The molecular formula is C9H12O2. The van der Waals surface area contributed by atoms with Crippen LogP contribution in [0.1, 0.15) is 19.3 Å². The Hall–Kier alpha value is -1.05. The minimum atomic E-state index is -0.136. The number of carbonyl (C=O) groups is 1. The van der Waals surface area contributed by atoms with Crippen molar-refractivity contribution in [3.63, 3.8) is 0 Å². The van der Waals surface area contributed by atoms with Gasteiger partial charge < -0.3 is 5.11 Å². The minimum Gasteiger partial charge on any atom is -0.505 e. The van der Waals surface area contributed by atoms with Gasteiger partial charge in [0.05, 0.1) is 0 Å². The molecule has 1 unspecified atom stereocenters. The molecule has 0 aromatic carbocycles. The number of hydrogen-bond acceptors (Lipinski definition) is 2. The Labute approximate surface area is 66.2 Å². The van der Waals surface area contributed by atoms with E-state index in [9.17, 15) is 4.79 Å². The van der Waals surface area contributed by atoms with Gasteiger partial charge in [-0.05, 0) is 24.8 Å². The number of hydrogen-bond donors (Lipinski definition) is 1. The van der Waals surface area contributed by atoms with Crippen LogP contribution in [0.15, 0.2) is 24.5 Å². The lowest BCUT2D eigenvalue weighted by molar-refractivity contribution is -0.119. The van der Waals surface area contributed by atoms with Crippen molar-refractivity contribution in [1.82, 2.24) is 0 Å². The number of carbonyl (C=O) groups excluding carboxylic acids is 1. The molecule has 1 aliphatic rings. The number of Topliss-reactive ketones (excluding diaryl/α,β-unsaturated/α-hetero) is 1. The van der Waals surface area contributed by atoms with Crippen molar-refractivity contribution in [3.05, 3.63) is 24.5 Å². The number of ketones is 1. The van der Waals surface area contributed by atoms with Crippen LogP contribution in [0.4, 0.5) is 0 Å². The third kappa shape index (κ3) is 1.93. The summed E-state index contributed by atoms with van der Waals surface area (Å²) in [4.78, 5) is 10.9. The average Bonchev–Trinajstić information content (AvgIpc) is 1.98. The molecule has 2 nitrogen and oxygen atoms in total. The molecule has 0 fully saturated rings. The maximum atomic E-state index is 10.9. The Bertz CT molecular complexity index is 204. The second kappa shape index (κ2) is 3.37. The molecule has 0 aliphatic heterocycles. The van der Waals surface area contributed by atoms with Gasteiger partial charge in [-0.1, -0.05) is 6.08 Å². The van der Waals surface area contributed by atoms with Gasteiger partial charge in [0.15, 0.2) is 11.5 Å². The fraction of sp³-hybridized carbons (Fsp3) is 0.444. The average molecular weight is 152 g/mol. The van der Waals surface area contributed by atoms with Gasteiger partial charge in [0, 0.05) is 6.42 Å². The van der Waals surface area contributed by atoms with E-state index in [-0.39, 0.29) is 11.5 Å². The maximum Gasteiger partial charge on any atom is 0.197 e. The second-order valence-electron chi connectivity index (χ2n) is 2.84. The lowest BCUT2D eigenvalue weighted by Crippen LogP contribution is -2.14. The predicted molar refractivity (Wildman–Crippen MR) is 43.3 cm³/mol. The van der Waals surface area contributed by atoms with Crippen LogP contribution in [-0.2, 0) is 4.79 Å². The molecule has 2 heteroatoms. The van der Waals surface area contributed by atoms with Gasteiger partial charge in [-0.25, -0.2) is 0 Å². The van der Waals surface area contributed by atoms with E-state index < -0.39 is 0 Å². The van der Waals surface area contributed by atoms with Crippen molar-refractivity contribution in [1.29, 1.82) is 0 Å². The SMILES string of the molecule is C=CCC1CC=C(O)C(=O)C1. The highest BCUT2D eigenvalue weighted by molar-refractivity contribution is 5.93. The zero-order valence-electron chi connectivity index (χ0n) is 6.42. The van der Waals surface area contributed by atoms with Gasteiger partial charge in [-0.15, -0.1) is 6.58 Å². The molecular weight excluding hydrogens is 140 g/mol. The van der Waals surface area contributed by atoms with E-state index >= 15 is 0 Å². The second-order valence-corrected chi connectivity index (χ2v) is 2.84. The Morgan fingerprint density at radius 1 is 1.82 bits per heavy atom. The third-order valence-corrected chi connectivity index (χ3v) is 1.90. The zero-order valence-corrected chi connectivity index (χ0v) is 6.42. The maximum absolute atomic E-state index is 10.9. The molecule has 11 heavy (non-hydrogen) atoms. The highest BCUT2D eigenvalue weighted by Gasteiger charge is 2.19. The zero-order chi connectivity index (χ0) is 8.27. The molecule has 0 amide bonds. The van der Waals surface area contributed by atoms with E-state index in [0.29, 0.717) is 12.3 Å². The summed E-state index contributed by atoms with van der Waals surface area (Å²) in [6.07, 6.45) is 5.53. The normalized spacial score (nSPS) is 24.5. The highest BCUT2D eigenvalue weighted by atomic mass is 16.3. The molecule has 1 N–H and O–H groups in total. The molecule has 0 spiro atoms. The Balaban J connectivity index is 2.55. The fourth-order valence-corrected chi connectivity index (χ4v) is 1.26. The molecule has 0 bridgehead atoms. The van der Waals surface area contributed by atoms with Crippen LogP contribution in [-0.4, -0.2) is 10.9 Å². The van der Waals surface area contributed by atoms with Crippen LogP contribution in [0.25, 0.3) is 0 Å². The van der Waals surface area contributed by atoms with E-state index in [1.807, 2.05) is 6.08 Å². The first-order valence-corrected chi connectivity index (χ1v) is 3.77. The van der Waals surface area contributed by atoms with Crippen LogP contribution >= 0.6 is 0 Å².